The van der Waals surface area contributed by atoms with Gasteiger partial charge in [-0.3, -0.25) is 4.89 Å². The molecule has 0 aliphatic rings. The largest absolute Gasteiger partial charge is 0.526 e. The maximum absolute atomic E-state index is 11.6. The van der Waals surface area contributed by atoms with Gasteiger partial charge in [-0.1, -0.05) is 121 Å². The molecule has 6 nitrogen and oxygen atoms in total. The van der Waals surface area contributed by atoms with E-state index in [1.165, 1.54) is 70.6 Å². The Hall–Kier alpha value is -0.750. The van der Waals surface area contributed by atoms with E-state index < -0.39 is 7.82 Å². The van der Waals surface area contributed by atoms with Crippen molar-refractivity contribution in [2.75, 3.05) is 6.61 Å². The van der Waals surface area contributed by atoms with Crippen LogP contribution >= 0.6 is 7.82 Å². The van der Waals surface area contributed by atoms with Crippen molar-refractivity contribution in [3.05, 3.63) is 35.9 Å². The third kappa shape index (κ3) is 17.0. The molecule has 0 heterocycles. The fourth-order valence-corrected chi connectivity index (χ4v) is 3.63. The van der Waals surface area contributed by atoms with Gasteiger partial charge in [0.15, 0.2) is 0 Å². The molecule has 0 radical (unpaired) electrons. The Morgan fingerprint density at radius 3 is 1.70 bits per heavy atom. The quantitative estimate of drug-likeness (QED) is 0.0908. The lowest BCUT2D eigenvalue weighted by molar-refractivity contribution is -0.284. The summed E-state index contributed by atoms with van der Waals surface area (Å²) in [5.41, 5.74) is 0.820. The monoisotopic (exact) mass is 444 g/mol. The predicted octanol–water partition coefficient (Wildman–Crippen LogP) is 7.66. The van der Waals surface area contributed by atoms with Crippen molar-refractivity contribution >= 4 is 7.82 Å². The Kier molecular flexibility index (Phi) is 17.3. The van der Waals surface area contributed by atoms with E-state index in [0.29, 0.717) is 0 Å². The average Bonchev–Trinajstić information content (AvgIpc) is 2.74. The van der Waals surface area contributed by atoms with E-state index in [2.05, 4.69) is 16.3 Å². The molecule has 1 aromatic rings. The topological polar surface area (TPSA) is 74.2 Å². The van der Waals surface area contributed by atoms with Crippen LogP contribution in [0.25, 0.3) is 0 Å². The molecule has 1 unspecified atom stereocenters. The maximum atomic E-state index is 11.6. The lowest BCUT2D eigenvalue weighted by atomic mass is 10.0. The third-order valence-corrected chi connectivity index (χ3v) is 5.53. The van der Waals surface area contributed by atoms with E-state index in [1.807, 2.05) is 30.3 Å². The SMILES string of the molecule is CCCCCCCCCCCCCCCCOOP(=O)(O)OOCc1ccccc1. The van der Waals surface area contributed by atoms with Crippen molar-refractivity contribution in [2.24, 2.45) is 0 Å². The molecular formula is C23H41O6P. The first-order valence-electron chi connectivity index (χ1n) is 11.6. The molecule has 1 rings (SSSR count). The van der Waals surface area contributed by atoms with Crippen LogP contribution in [0.3, 0.4) is 0 Å². The molecule has 1 aromatic carbocycles. The van der Waals surface area contributed by atoms with Crippen molar-refractivity contribution < 1.29 is 28.6 Å². The second kappa shape index (κ2) is 19.0. The molecule has 0 saturated carbocycles. The smallest absolute Gasteiger partial charge is 0.299 e. The van der Waals surface area contributed by atoms with Crippen LogP contribution < -0.4 is 0 Å². The summed E-state index contributed by atoms with van der Waals surface area (Å²) in [4.78, 5) is 19.0. The minimum atomic E-state index is -4.36. The highest BCUT2D eigenvalue weighted by atomic mass is 31.2. The Labute approximate surface area is 182 Å². The first-order chi connectivity index (χ1) is 14.6. The fraction of sp³-hybridized carbons (Fsp3) is 0.739. The summed E-state index contributed by atoms with van der Waals surface area (Å²) in [6, 6.07) is 9.19. The van der Waals surface area contributed by atoms with Gasteiger partial charge in [-0.15, -0.1) is 9.35 Å². The first-order valence-corrected chi connectivity index (χ1v) is 13.1. The number of hydrogen-bond acceptors (Lipinski definition) is 5. The van der Waals surface area contributed by atoms with E-state index in [1.54, 1.807) is 0 Å². The van der Waals surface area contributed by atoms with Crippen LogP contribution in [0.4, 0.5) is 0 Å². The summed E-state index contributed by atoms with van der Waals surface area (Å²) in [7, 11) is -4.36. The number of benzene rings is 1. The molecule has 0 saturated heterocycles. The van der Waals surface area contributed by atoms with Gasteiger partial charge in [-0.2, -0.15) is 0 Å². The average molecular weight is 445 g/mol. The standard InChI is InChI=1S/C23H41O6P/c1-2-3-4-5-6-7-8-9-10-11-12-13-14-18-21-26-28-30(24,25)29-27-22-23-19-16-15-17-20-23/h15-17,19-20H,2-14,18,21-22H2,1H3,(H,24,25). The normalized spacial score (nSPS) is 13.4. The number of unbranched alkanes of at least 4 members (excludes halogenated alkanes) is 13. The van der Waals surface area contributed by atoms with E-state index in [0.717, 1.165) is 24.8 Å². The second-order valence-electron chi connectivity index (χ2n) is 7.78. The van der Waals surface area contributed by atoms with Gasteiger partial charge in [0.2, 0.25) is 0 Å². The van der Waals surface area contributed by atoms with E-state index in [-0.39, 0.29) is 13.2 Å². The lowest BCUT2D eigenvalue weighted by Crippen LogP contribution is -2.00. The molecule has 30 heavy (non-hydrogen) atoms. The number of phosphoric acid groups is 1. The van der Waals surface area contributed by atoms with Gasteiger partial charge in [-0.05, 0) is 12.0 Å². The molecule has 1 N–H and O–H groups in total. The molecule has 0 spiro atoms. The second-order valence-corrected chi connectivity index (χ2v) is 9.02. The van der Waals surface area contributed by atoms with E-state index in [4.69, 9.17) is 9.78 Å². The van der Waals surface area contributed by atoms with Crippen LogP contribution in [0.2, 0.25) is 0 Å². The molecule has 0 amide bonds. The summed E-state index contributed by atoms with van der Waals surface area (Å²) < 4.78 is 20.5. The summed E-state index contributed by atoms with van der Waals surface area (Å²) >= 11 is 0. The number of rotatable bonds is 21. The highest BCUT2D eigenvalue weighted by molar-refractivity contribution is 7.47. The molecule has 1 atom stereocenters. The Morgan fingerprint density at radius 2 is 1.17 bits per heavy atom. The minimum absolute atomic E-state index is 0.0493. The summed E-state index contributed by atoms with van der Waals surface area (Å²) in [5, 5.41) is 0. The highest BCUT2D eigenvalue weighted by Gasteiger charge is 2.24. The first kappa shape index (κ1) is 27.3. The molecule has 0 fully saturated rings. The van der Waals surface area contributed by atoms with Gasteiger partial charge >= 0.3 is 7.82 Å². The van der Waals surface area contributed by atoms with Crippen molar-refractivity contribution in [3.8, 4) is 0 Å². The van der Waals surface area contributed by atoms with Gasteiger partial charge in [-0.25, -0.2) is 14.3 Å². The minimum Gasteiger partial charge on any atom is -0.299 e. The third-order valence-electron chi connectivity index (χ3n) is 4.94. The molecule has 174 valence electrons. The van der Waals surface area contributed by atoms with Gasteiger partial charge in [0, 0.05) is 0 Å². The van der Waals surface area contributed by atoms with Gasteiger partial charge < -0.3 is 0 Å². The maximum Gasteiger partial charge on any atom is 0.526 e. The summed E-state index contributed by atoms with van der Waals surface area (Å²) in [6.45, 7) is 2.56. The zero-order valence-electron chi connectivity index (χ0n) is 18.6. The zero-order chi connectivity index (χ0) is 21.8. The van der Waals surface area contributed by atoms with Crippen LogP contribution in [0, 0.1) is 0 Å². The fourth-order valence-electron chi connectivity index (χ4n) is 3.21. The molecule has 0 aliphatic heterocycles. The summed E-state index contributed by atoms with van der Waals surface area (Å²) in [5.74, 6) is 0. The van der Waals surface area contributed by atoms with Crippen molar-refractivity contribution in [1.29, 1.82) is 0 Å². The Bertz CT molecular complexity index is 540. The van der Waals surface area contributed by atoms with Crippen molar-refractivity contribution in [3.63, 3.8) is 0 Å². The van der Waals surface area contributed by atoms with Crippen molar-refractivity contribution in [1.82, 2.24) is 0 Å². The van der Waals surface area contributed by atoms with Crippen LogP contribution in [0.5, 0.6) is 0 Å². The van der Waals surface area contributed by atoms with Crippen LogP contribution in [-0.2, 0) is 30.3 Å². The molecule has 7 heteroatoms. The van der Waals surface area contributed by atoms with Crippen LogP contribution in [0.1, 0.15) is 102 Å². The van der Waals surface area contributed by atoms with Crippen molar-refractivity contribution in [2.45, 2.75) is 103 Å². The number of hydrogen-bond donors (Lipinski definition) is 1. The molecular weight excluding hydrogens is 403 g/mol. The molecule has 0 aromatic heterocycles. The van der Waals surface area contributed by atoms with Crippen LogP contribution in [-0.4, -0.2) is 11.5 Å². The van der Waals surface area contributed by atoms with E-state index in [9.17, 15) is 9.46 Å². The Balaban J connectivity index is 1.82. The molecule has 0 aliphatic carbocycles. The van der Waals surface area contributed by atoms with Gasteiger partial charge in [0.25, 0.3) is 0 Å². The van der Waals surface area contributed by atoms with Gasteiger partial charge in [0.1, 0.15) is 6.61 Å². The highest BCUT2D eigenvalue weighted by Crippen LogP contribution is 2.43. The Morgan fingerprint density at radius 1 is 0.700 bits per heavy atom. The zero-order valence-corrected chi connectivity index (χ0v) is 19.5. The van der Waals surface area contributed by atoms with E-state index >= 15 is 0 Å². The predicted molar refractivity (Wildman–Crippen MR) is 119 cm³/mol. The summed E-state index contributed by atoms with van der Waals surface area (Å²) in [6.07, 6.45) is 17.8. The lowest BCUT2D eigenvalue weighted by Gasteiger charge is -2.10. The van der Waals surface area contributed by atoms with Gasteiger partial charge in [0.05, 0.1) is 6.61 Å². The molecule has 0 bridgehead atoms. The van der Waals surface area contributed by atoms with Crippen LogP contribution in [0.15, 0.2) is 30.3 Å².